The van der Waals surface area contributed by atoms with Crippen molar-refractivity contribution in [1.82, 2.24) is 14.9 Å². The molecule has 0 radical (unpaired) electrons. The van der Waals surface area contributed by atoms with E-state index in [1.54, 1.807) is 14.2 Å². The number of likely N-dealkylation sites (tertiary alicyclic amines) is 1. The van der Waals surface area contributed by atoms with E-state index in [1.807, 2.05) is 54.7 Å². The van der Waals surface area contributed by atoms with E-state index in [2.05, 4.69) is 20.2 Å². The first-order chi connectivity index (χ1) is 18.2. The van der Waals surface area contributed by atoms with Crippen LogP contribution in [0.2, 0.25) is 0 Å². The Balaban J connectivity index is 1.37. The van der Waals surface area contributed by atoms with E-state index in [1.165, 1.54) is 12.8 Å². The van der Waals surface area contributed by atoms with Gasteiger partial charge in [-0.25, -0.2) is 9.97 Å². The molecule has 8 heteroatoms. The van der Waals surface area contributed by atoms with Gasteiger partial charge in [-0.05, 0) is 56.5 Å². The van der Waals surface area contributed by atoms with Crippen LogP contribution in [0.3, 0.4) is 0 Å². The number of allylic oxidation sites excluding steroid dienone is 2. The van der Waals surface area contributed by atoms with E-state index in [0.29, 0.717) is 18.3 Å². The maximum Gasteiger partial charge on any atom is 0.227 e. The van der Waals surface area contributed by atoms with Crippen LogP contribution in [0.15, 0.2) is 65.4 Å². The first-order valence-corrected chi connectivity index (χ1v) is 12.8. The fraction of sp³-hybridized carbons (Fsp3) is 0.345. The highest BCUT2D eigenvalue weighted by Crippen LogP contribution is 2.34. The van der Waals surface area contributed by atoms with E-state index < -0.39 is 0 Å². The Bertz CT molecular complexity index is 1300. The molecule has 1 aliphatic carbocycles. The molecule has 0 saturated carbocycles. The molecule has 0 atom stereocenters. The SMILES string of the molecule is CN=C(C1=C(N)CCc2cnc(Nc3ccc(OCCN4CCCC4)cc3OC)nc21)c1ccccc1. The smallest absolute Gasteiger partial charge is 0.227 e. The summed E-state index contributed by atoms with van der Waals surface area (Å²) in [6.07, 6.45) is 5.97. The van der Waals surface area contributed by atoms with Crippen LogP contribution in [-0.2, 0) is 6.42 Å². The van der Waals surface area contributed by atoms with Gasteiger partial charge in [0.2, 0.25) is 5.95 Å². The highest BCUT2D eigenvalue weighted by molar-refractivity contribution is 6.32. The number of benzene rings is 2. The van der Waals surface area contributed by atoms with Gasteiger partial charge >= 0.3 is 0 Å². The van der Waals surface area contributed by atoms with Gasteiger partial charge in [-0.1, -0.05) is 30.3 Å². The van der Waals surface area contributed by atoms with Gasteiger partial charge in [-0.15, -0.1) is 0 Å². The van der Waals surface area contributed by atoms with E-state index in [4.69, 9.17) is 20.2 Å². The molecule has 5 rings (SSSR count). The van der Waals surface area contributed by atoms with E-state index in [-0.39, 0.29) is 0 Å². The molecule has 3 N–H and O–H groups in total. The van der Waals surface area contributed by atoms with Crippen LogP contribution in [0.5, 0.6) is 11.5 Å². The number of ether oxygens (including phenoxy) is 2. The molecule has 8 nitrogen and oxygen atoms in total. The van der Waals surface area contributed by atoms with E-state index in [0.717, 1.165) is 77.7 Å². The first kappa shape index (κ1) is 24.8. The third-order valence-corrected chi connectivity index (χ3v) is 6.89. The normalized spacial score (nSPS) is 16.0. The summed E-state index contributed by atoms with van der Waals surface area (Å²) in [5.74, 6) is 1.91. The standard InChI is InChI=1S/C29H34N6O2/c1-31-27(20-8-4-3-5-9-20)26-23(30)12-10-21-19-32-29(34-28(21)26)33-24-13-11-22(18-25(24)36-2)37-17-16-35-14-6-7-15-35/h3-5,8-9,11,13,18-19H,6-7,10,12,14-17,30H2,1-2H3,(H,32,33,34). The molecular weight excluding hydrogens is 464 g/mol. The number of hydrogen-bond acceptors (Lipinski definition) is 8. The number of nitrogens with two attached hydrogens (primary N) is 1. The van der Waals surface area contributed by atoms with E-state index >= 15 is 0 Å². The largest absolute Gasteiger partial charge is 0.494 e. The lowest BCUT2D eigenvalue weighted by Crippen LogP contribution is -2.25. The summed E-state index contributed by atoms with van der Waals surface area (Å²) in [6.45, 7) is 3.92. The second-order valence-corrected chi connectivity index (χ2v) is 9.29. The number of fused-ring (bicyclic) bond motifs is 1. The number of aliphatic imine (C=N–C) groups is 1. The zero-order valence-electron chi connectivity index (χ0n) is 21.5. The Morgan fingerprint density at radius 1 is 1.11 bits per heavy atom. The molecule has 2 heterocycles. The molecular formula is C29H34N6O2. The maximum atomic E-state index is 6.53. The first-order valence-electron chi connectivity index (χ1n) is 12.8. The molecule has 0 amide bonds. The molecule has 2 aromatic carbocycles. The highest BCUT2D eigenvalue weighted by Gasteiger charge is 2.25. The Hall–Kier alpha value is -3.91. The van der Waals surface area contributed by atoms with Crippen LogP contribution in [0.4, 0.5) is 11.6 Å². The van der Waals surface area contributed by atoms with Crippen molar-refractivity contribution in [3.8, 4) is 11.5 Å². The third kappa shape index (κ3) is 5.59. The zero-order valence-corrected chi connectivity index (χ0v) is 21.5. The average Bonchev–Trinajstić information content (AvgIpc) is 3.45. The van der Waals surface area contributed by atoms with Crippen LogP contribution >= 0.6 is 0 Å². The molecule has 1 aliphatic heterocycles. The minimum Gasteiger partial charge on any atom is -0.494 e. The van der Waals surface area contributed by atoms with Crippen molar-refractivity contribution in [3.05, 3.63) is 77.2 Å². The topological polar surface area (TPSA) is 97.9 Å². The summed E-state index contributed by atoms with van der Waals surface area (Å²) < 4.78 is 11.6. The Labute approximate surface area is 218 Å². The Morgan fingerprint density at radius 2 is 1.92 bits per heavy atom. The fourth-order valence-corrected chi connectivity index (χ4v) is 4.94. The summed E-state index contributed by atoms with van der Waals surface area (Å²) in [4.78, 5) is 16.5. The number of nitrogens with one attached hydrogen (secondary N) is 1. The van der Waals surface area contributed by atoms with Gasteiger partial charge in [-0.2, -0.15) is 0 Å². The number of anilines is 2. The molecule has 37 heavy (non-hydrogen) atoms. The van der Waals surface area contributed by atoms with Gasteiger partial charge in [0.25, 0.3) is 0 Å². The minimum atomic E-state index is 0.468. The average molecular weight is 499 g/mol. The molecule has 0 spiro atoms. The molecule has 0 unspecified atom stereocenters. The van der Waals surface area contributed by atoms with Crippen LogP contribution in [-0.4, -0.2) is 61.0 Å². The van der Waals surface area contributed by atoms with Crippen molar-refractivity contribution >= 4 is 22.9 Å². The van der Waals surface area contributed by atoms with Gasteiger partial charge in [0, 0.05) is 42.7 Å². The summed E-state index contributed by atoms with van der Waals surface area (Å²) in [6, 6.07) is 15.8. The maximum absolute atomic E-state index is 6.53. The molecule has 1 fully saturated rings. The number of aromatic nitrogens is 2. The quantitative estimate of drug-likeness (QED) is 0.421. The number of methoxy groups -OCH3 is 1. The molecule has 0 bridgehead atoms. The molecule has 192 valence electrons. The zero-order chi connectivity index (χ0) is 25.6. The summed E-state index contributed by atoms with van der Waals surface area (Å²) in [7, 11) is 3.44. The van der Waals surface area contributed by atoms with Crippen molar-refractivity contribution in [2.45, 2.75) is 25.7 Å². The molecule has 2 aliphatic rings. The number of hydrogen-bond donors (Lipinski definition) is 2. The molecule has 1 saturated heterocycles. The van der Waals surface area contributed by atoms with Crippen molar-refractivity contribution in [2.75, 3.05) is 45.7 Å². The summed E-state index contributed by atoms with van der Waals surface area (Å²) in [5.41, 5.74) is 12.7. The van der Waals surface area contributed by atoms with Gasteiger partial charge in [0.1, 0.15) is 18.1 Å². The van der Waals surface area contributed by atoms with Gasteiger partial charge in [0.15, 0.2) is 0 Å². The Kier molecular flexibility index (Phi) is 7.65. The predicted molar refractivity (Wildman–Crippen MR) is 148 cm³/mol. The lowest BCUT2D eigenvalue weighted by atomic mass is 9.88. The van der Waals surface area contributed by atoms with Crippen molar-refractivity contribution in [2.24, 2.45) is 10.7 Å². The number of nitrogens with zero attached hydrogens (tertiary/aromatic N) is 4. The van der Waals surface area contributed by atoms with Crippen LogP contribution in [0.1, 0.15) is 36.1 Å². The van der Waals surface area contributed by atoms with Crippen LogP contribution in [0, 0.1) is 0 Å². The minimum absolute atomic E-state index is 0.468. The van der Waals surface area contributed by atoms with Crippen molar-refractivity contribution < 1.29 is 9.47 Å². The fourth-order valence-electron chi connectivity index (χ4n) is 4.94. The van der Waals surface area contributed by atoms with Gasteiger partial charge < -0.3 is 20.5 Å². The molecule has 3 aromatic rings. The van der Waals surface area contributed by atoms with Crippen LogP contribution < -0.4 is 20.5 Å². The second-order valence-electron chi connectivity index (χ2n) is 9.29. The van der Waals surface area contributed by atoms with Gasteiger partial charge in [0.05, 0.1) is 24.2 Å². The number of aryl methyl sites for hydroxylation is 1. The second kappa shape index (κ2) is 11.4. The number of rotatable bonds is 9. The predicted octanol–water partition coefficient (Wildman–Crippen LogP) is 4.44. The van der Waals surface area contributed by atoms with Crippen molar-refractivity contribution in [3.63, 3.8) is 0 Å². The lowest BCUT2D eigenvalue weighted by molar-refractivity contribution is 0.237. The highest BCUT2D eigenvalue weighted by atomic mass is 16.5. The van der Waals surface area contributed by atoms with E-state index in [9.17, 15) is 0 Å². The molecule has 1 aromatic heterocycles. The summed E-state index contributed by atoms with van der Waals surface area (Å²) in [5, 5.41) is 3.32. The van der Waals surface area contributed by atoms with Gasteiger partial charge in [-0.3, -0.25) is 9.89 Å². The Morgan fingerprint density at radius 3 is 2.68 bits per heavy atom. The van der Waals surface area contributed by atoms with Crippen LogP contribution in [0.25, 0.3) is 5.57 Å². The lowest BCUT2D eigenvalue weighted by Gasteiger charge is -2.22. The van der Waals surface area contributed by atoms with Crippen molar-refractivity contribution in [1.29, 1.82) is 0 Å². The third-order valence-electron chi connectivity index (χ3n) is 6.89. The monoisotopic (exact) mass is 498 g/mol. The summed E-state index contributed by atoms with van der Waals surface area (Å²) >= 11 is 0.